The summed E-state index contributed by atoms with van der Waals surface area (Å²) in [7, 11) is 0. The second-order valence-corrected chi connectivity index (χ2v) is 12.1. The maximum atomic E-state index is 10.7. The molecule has 0 radical (unpaired) electrons. The summed E-state index contributed by atoms with van der Waals surface area (Å²) in [5.41, 5.74) is 6.91. The molecule has 0 amide bonds. The molecule has 2 atom stereocenters. The van der Waals surface area contributed by atoms with Crippen molar-refractivity contribution in [1.29, 1.82) is 0 Å². The molecule has 0 saturated carbocycles. The molecule has 49 heavy (non-hydrogen) atoms. The number of oxime groups is 1. The molecule has 2 unspecified atom stereocenters. The number of aryl methyl sites for hydroxylation is 2. The van der Waals surface area contributed by atoms with Crippen molar-refractivity contribution in [3.05, 3.63) is 143 Å². The van der Waals surface area contributed by atoms with Gasteiger partial charge in [0.05, 0.1) is 5.71 Å². The van der Waals surface area contributed by atoms with E-state index in [2.05, 4.69) is 124 Å². The van der Waals surface area contributed by atoms with Crippen LogP contribution in [0.25, 0.3) is 0 Å². The number of benzene rings is 4. The number of halogens is 2. The first-order chi connectivity index (χ1) is 23.2. The van der Waals surface area contributed by atoms with Crippen molar-refractivity contribution in [3.8, 4) is 0 Å². The summed E-state index contributed by atoms with van der Waals surface area (Å²) in [6, 6.07) is 37.1. The van der Waals surface area contributed by atoms with Crippen molar-refractivity contribution in [1.82, 2.24) is 0 Å². The molecule has 0 spiro atoms. The molecule has 1 heterocycles. The van der Waals surface area contributed by atoms with E-state index in [9.17, 15) is 5.11 Å². The van der Waals surface area contributed by atoms with Crippen molar-refractivity contribution in [2.75, 3.05) is 0 Å². The average Bonchev–Trinajstić information content (AvgIpc) is 3.57. The van der Waals surface area contributed by atoms with Gasteiger partial charge in [-0.3, -0.25) is 0 Å². The standard InChI is InChI=1S/C17H17NO.C17H18O.4C2H6.CH4.I2.W/c1-13-8-10-14(11-9-13)16-12-17(2,19-18-16)15-6-4-3-5-7-15;1-14-8-10-15(11-9-14)12-13-17(2,18)16-6-4-3-5-7-16;4*1-2;;1-2;/h3-11H,12H2,1-2H3;3-11,18H,13H2,1-2H3;4*1-2H3;1H4;;. The fraction of sp³-hybridized carbons (Fsp3) is 0.395. The van der Waals surface area contributed by atoms with Crippen molar-refractivity contribution in [2.24, 2.45) is 5.16 Å². The number of aliphatic hydroxyl groups is 1. The van der Waals surface area contributed by atoms with E-state index < -0.39 is 5.60 Å². The summed E-state index contributed by atoms with van der Waals surface area (Å²) in [6.45, 7) is 24.2. The quantitative estimate of drug-likeness (QED) is 0.196. The SMILES string of the molecule is C.CC.CC.CC.CC.Cc1ccc(C2=NOC(C)(c3ccccc3)C2)cc1.Cc1ccc([C](=[W])CC(C)(O)c2ccccc2)cc1.II. The van der Waals surface area contributed by atoms with E-state index in [1.165, 1.54) is 45.5 Å². The zero-order chi connectivity index (χ0) is 37.2. The number of hydrogen-bond donors (Lipinski definition) is 1. The first kappa shape index (κ1) is 51.7. The van der Waals surface area contributed by atoms with Gasteiger partial charge in [-0.05, 0) is 25.0 Å². The minimum Gasteiger partial charge on any atom is 0 e. The number of hydrogen-bond acceptors (Lipinski definition) is 3. The van der Waals surface area contributed by atoms with Crippen molar-refractivity contribution < 1.29 is 29.3 Å². The zero-order valence-corrected chi connectivity index (χ0v) is 38.5. The molecular formula is C43H63I2NO2W. The minimum atomic E-state index is -0.802. The van der Waals surface area contributed by atoms with Crippen molar-refractivity contribution >= 4 is 46.8 Å². The topological polar surface area (TPSA) is 41.8 Å². The van der Waals surface area contributed by atoms with Crippen LogP contribution in [0, 0.1) is 13.8 Å². The Labute approximate surface area is 335 Å². The smallest absolute Gasteiger partial charge is 0 e. The molecule has 5 rings (SSSR count). The maximum Gasteiger partial charge on any atom is 0 e. The Morgan fingerprint density at radius 2 is 1.14 bits per heavy atom. The van der Waals surface area contributed by atoms with Crippen LogP contribution < -0.4 is 0 Å². The molecule has 3 nitrogen and oxygen atoms in total. The van der Waals surface area contributed by atoms with Crippen LogP contribution >= 0.6 is 37.2 Å². The van der Waals surface area contributed by atoms with Crippen LogP contribution in [0.3, 0.4) is 0 Å². The number of rotatable bonds is 6. The third-order valence-electron chi connectivity index (χ3n) is 6.91. The molecule has 4 aromatic carbocycles. The second kappa shape index (κ2) is 30.0. The van der Waals surface area contributed by atoms with Gasteiger partial charge in [-0.1, -0.05) is 128 Å². The summed E-state index contributed by atoms with van der Waals surface area (Å²) in [6.07, 6.45) is 1.48. The molecule has 0 saturated heterocycles. The van der Waals surface area contributed by atoms with E-state index in [1.54, 1.807) is 0 Å². The molecule has 272 valence electrons. The van der Waals surface area contributed by atoms with Crippen LogP contribution in [0.5, 0.6) is 0 Å². The van der Waals surface area contributed by atoms with Gasteiger partial charge in [0.25, 0.3) is 0 Å². The Kier molecular flexibility index (Phi) is 31.7. The second-order valence-electron chi connectivity index (χ2n) is 10.4. The molecule has 0 aliphatic carbocycles. The molecule has 6 heteroatoms. The van der Waals surface area contributed by atoms with E-state index in [0.29, 0.717) is 6.42 Å². The normalized spacial score (nSPS) is 14.5. The van der Waals surface area contributed by atoms with Gasteiger partial charge >= 0.3 is 126 Å². The van der Waals surface area contributed by atoms with Gasteiger partial charge in [-0.15, -0.1) is 0 Å². The average molecular weight is 1060 g/mol. The first-order valence-corrected chi connectivity index (χ1v) is 24.8. The summed E-state index contributed by atoms with van der Waals surface area (Å²) < 4.78 is 1.29. The Balaban J connectivity index is -0.000000678. The van der Waals surface area contributed by atoms with E-state index in [1.807, 2.05) is 111 Å². The van der Waals surface area contributed by atoms with Crippen molar-refractivity contribution in [3.63, 3.8) is 0 Å². The molecular weight excluding hydrogens is 1000 g/mol. The number of nitrogens with zero attached hydrogens (tertiary/aromatic N) is 1. The molecule has 1 N–H and O–H groups in total. The van der Waals surface area contributed by atoms with Gasteiger partial charge in [0.15, 0.2) is 5.60 Å². The fourth-order valence-electron chi connectivity index (χ4n) is 4.44. The van der Waals surface area contributed by atoms with E-state index >= 15 is 0 Å². The van der Waals surface area contributed by atoms with Gasteiger partial charge in [-0.25, -0.2) is 0 Å². The summed E-state index contributed by atoms with van der Waals surface area (Å²) >= 11 is 5.65. The minimum absolute atomic E-state index is 0. The van der Waals surface area contributed by atoms with Gasteiger partial charge in [0.2, 0.25) is 0 Å². The van der Waals surface area contributed by atoms with E-state index in [4.69, 9.17) is 4.84 Å². The van der Waals surface area contributed by atoms with Gasteiger partial charge < -0.3 is 4.84 Å². The van der Waals surface area contributed by atoms with Crippen LogP contribution in [-0.4, -0.2) is 14.7 Å². The Morgan fingerprint density at radius 3 is 1.59 bits per heavy atom. The summed E-state index contributed by atoms with van der Waals surface area (Å²) in [5, 5.41) is 14.9. The molecule has 4 aromatic rings. The molecule has 1 aliphatic rings. The van der Waals surface area contributed by atoms with Gasteiger partial charge in [0.1, 0.15) is 0 Å². The molecule has 1 aliphatic heterocycles. The van der Waals surface area contributed by atoms with Crippen LogP contribution in [0.15, 0.2) is 114 Å². The predicted octanol–water partition coefficient (Wildman–Crippen LogP) is 13.9. The largest absolute Gasteiger partial charge is 0 e. The van der Waals surface area contributed by atoms with Crippen LogP contribution in [-0.2, 0) is 35.4 Å². The third kappa shape index (κ3) is 18.4. The first-order valence-electron chi connectivity index (χ1n) is 17.1. The maximum absolute atomic E-state index is 10.7. The van der Waals surface area contributed by atoms with Crippen LogP contribution in [0.4, 0.5) is 0 Å². The van der Waals surface area contributed by atoms with Crippen LogP contribution in [0.2, 0.25) is 0 Å². The Hall–Kier alpha value is -1.67. The summed E-state index contributed by atoms with van der Waals surface area (Å²) in [5.74, 6) is 0. The Bertz CT molecular complexity index is 1390. The van der Waals surface area contributed by atoms with Gasteiger partial charge in [-0.2, -0.15) is 0 Å². The summed E-state index contributed by atoms with van der Waals surface area (Å²) in [4.78, 5) is 5.71. The molecule has 0 fully saturated rings. The van der Waals surface area contributed by atoms with Crippen molar-refractivity contribution in [2.45, 2.75) is 115 Å². The zero-order valence-electron chi connectivity index (χ0n) is 31.3. The van der Waals surface area contributed by atoms with E-state index in [0.717, 1.165) is 23.3 Å². The van der Waals surface area contributed by atoms with Gasteiger partial charge in [0, 0.05) is 43.7 Å². The predicted molar refractivity (Wildman–Crippen MR) is 233 cm³/mol. The molecule has 0 bridgehead atoms. The Morgan fingerprint density at radius 1 is 0.735 bits per heavy atom. The fourth-order valence-corrected chi connectivity index (χ4v) is 5.94. The molecule has 0 aromatic heterocycles. The van der Waals surface area contributed by atoms with E-state index in [-0.39, 0.29) is 13.0 Å². The monoisotopic (exact) mass is 1060 g/mol. The third-order valence-corrected chi connectivity index (χ3v) is 8.27. The van der Waals surface area contributed by atoms with Crippen LogP contribution in [0.1, 0.15) is 123 Å².